The molecule has 0 atom stereocenters. The number of nitrogens with zero attached hydrogens (tertiary/aromatic N) is 1. The number of phenolic OH excluding ortho intramolecular Hbond substituents is 1. The van der Waals surface area contributed by atoms with Crippen molar-refractivity contribution < 1.29 is 5.11 Å². The van der Waals surface area contributed by atoms with Crippen LogP contribution in [0.3, 0.4) is 0 Å². The van der Waals surface area contributed by atoms with E-state index >= 15 is 0 Å². The molecule has 0 aliphatic carbocycles. The van der Waals surface area contributed by atoms with Gasteiger partial charge >= 0.3 is 0 Å². The zero-order chi connectivity index (χ0) is 12.4. The lowest BCUT2D eigenvalue weighted by Gasteiger charge is -2.06. The summed E-state index contributed by atoms with van der Waals surface area (Å²) in [5.74, 6) is -0.0117. The van der Waals surface area contributed by atoms with Crippen LogP contribution >= 0.6 is 0 Å². The first-order chi connectivity index (χ1) is 8.19. The first-order valence-corrected chi connectivity index (χ1v) is 5.15. The van der Waals surface area contributed by atoms with Crippen LogP contribution in [0.2, 0.25) is 0 Å². The number of aromatic nitrogens is 1. The van der Waals surface area contributed by atoms with E-state index in [1.807, 2.05) is 6.07 Å². The summed E-state index contributed by atoms with van der Waals surface area (Å²) in [5.41, 5.74) is 6.21. The predicted molar refractivity (Wildman–Crippen MR) is 63.7 cm³/mol. The molecule has 17 heavy (non-hydrogen) atoms. The van der Waals surface area contributed by atoms with Crippen molar-refractivity contribution in [3.05, 3.63) is 39.7 Å². The third-order valence-electron chi connectivity index (χ3n) is 2.64. The Morgan fingerprint density at radius 3 is 2.88 bits per heavy atom. The second-order valence-corrected chi connectivity index (χ2v) is 3.68. The fraction of sp³-hybridized carbons (Fsp3) is 0.167. The first-order valence-electron chi connectivity index (χ1n) is 5.15. The zero-order valence-corrected chi connectivity index (χ0v) is 9.03. The Hall–Kier alpha value is -2.32. The molecule has 86 valence electrons. The smallest absolute Gasteiger partial charge is 0.207 e. The molecular weight excluding hydrogens is 218 g/mol. The summed E-state index contributed by atoms with van der Waals surface area (Å²) in [4.78, 5) is 14.8. The molecule has 5 heteroatoms. The summed E-state index contributed by atoms with van der Waals surface area (Å²) in [5, 5.41) is 18.8. The van der Waals surface area contributed by atoms with Crippen LogP contribution in [-0.4, -0.2) is 16.6 Å². The summed E-state index contributed by atoms with van der Waals surface area (Å²) >= 11 is 0. The van der Waals surface area contributed by atoms with Gasteiger partial charge in [-0.1, -0.05) is 6.07 Å². The normalized spacial score (nSPS) is 10.4. The van der Waals surface area contributed by atoms with Crippen LogP contribution in [0.15, 0.2) is 23.1 Å². The summed E-state index contributed by atoms with van der Waals surface area (Å²) < 4.78 is 0. The molecule has 0 radical (unpaired) electrons. The number of aromatic hydroxyl groups is 1. The Morgan fingerprint density at radius 1 is 1.47 bits per heavy atom. The van der Waals surface area contributed by atoms with E-state index in [0.29, 0.717) is 23.9 Å². The van der Waals surface area contributed by atoms with Crippen molar-refractivity contribution in [2.24, 2.45) is 5.73 Å². The van der Waals surface area contributed by atoms with E-state index in [1.165, 1.54) is 12.3 Å². The average Bonchev–Trinajstić information content (AvgIpc) is 2.33. The van der Waals surface area contributed by atoms with Gasteiger partial charge in [0.05, 0.1) is 10.9 Å². The van der Waals surface area contributed by atoms with Gasteiger partial charge in [0.25, 0.3) is 0 Å². The number of hydrogen-bond donors (Lipinski definition) is 3. The van der Waals surface area contributed by atoms with Gasteiger partial charge in [0, 0.05) is 6.20 Å². The predicted octanol–water partition coefficient (Wildman–Crippen LogP) is 0.607. The third-order valence-corrected chi connectivity index (χ3v) is 2.64. The fourth-order valence-electron chi connectivity index (χ4n) is 1.83. The molecule has 0 unspecified atom stereocenters. The van der Waals surface area contributed by atoms with Gasteiger partial charge in [0.2, 0.25) is 5.43 Å². The lowest BCUT2D eigenvalue weighted by atomic mass is 10.0. The van der Waals surface area contributed by atoms with Gasteiger partial charge in [-0.2, -0.15) is 5.26 Å². The molecule has 0 fully saturated rings. The molecule has 1 heterocycles. The lowest BCUT2D eigenvalue weighted by Crippen LogP contribution is -2.12. The molecule has 0 saturated heterocycles. The Balaban J connectivity index is 2.91. The van der Waals surface area contributed by atoms with E-state index in [2.05, 4.69) is 4.98 Å². The molecule has 0 aliphatic heterocycles. The van der Waals surface area contributed by atoms with Crippen LogP contribution < -0.4 is 11.2 Å². The number of nitrogens with two attached hydrogens (primary N) is 1. The number of phenols is 1. The summed E-state index contributed by atoms with van der Waals surface area (Å²) in [6.07, 6.45) is 1.82. The monoisotopic (exact) mass is 229 g/mol. The second-order valence-electron chi connectivity index (χ2n) is 3.68. The third kappa shape index (κ3) is 1.75. The Kier molecular flexibility index (Phi) is 2.81. The number of pyridine rings is 1. The number of nitriles is 1. The van der Waals surface area contributed by atoms with Crippen LogP contribution in [-0.2, 0) is 6.42 Å². The van der Waals surface area contributed by atoms with E-state index in [9.17, 15) is 9.90 Å². The topological polar surface area (TPSA) is 103 Å². The Labute approximate surface area is 97.1 Å². The molecule has 2 rings (SSSR count). The quantitative estimate of drug-likeness (QED) is 0.701. The van der Waals surface area contributed by atoms with Gasteiger partial charge in [-0.15, -0.1) is 0 Å². The molecule has 0 saturated carbocycles. The SMILES string of the molecule is N#Cc1c[nH]c2c(O)ccc(CCN)c2c1=O. The number of hydrogen-bond acceptors (Lipinski definition) is 4. The number of H-pyrrole nitrogens is 1. The van der Waals surface area contributed by atoms with E-state index < -0.39 is 0 Å². The Bertz CT molecular complexity index is 668. The van der Waals surface area contributed by atoms with E-state index in [4.69, 9.17) is 11.0 Å². The van der Waals surface area contributed by atoms with Crippen LogP contribution in [0.4, 0.5) is 0 Å². The molecule has 0 bridgehead atoms. The average molecular weight is 229 g/mol. The van der Waals surface area contributed by atoms with E-state index in [-0.39, 0.29) is 16.7 Å². The first kappa shape index (κ1) is 11.2. The highest BCUT2D eigenvalue weighted by molar-refractivity contribution is 5.88. The standard InChI is InChI=1S/C12H11N3O2/c13-4-3-7-1-2-9(16)11-10(7)12(17)8(5-14)6-15-11/h1-2,6,16H,3-4,13H2,(H,15,17). The minimum atomic E-state index is -0.374. The maximum absolute atomic E-state index is 12.0. The summed E-state index contributed by atoms with van der Waals surface area (Å²) in [6.45, 7) is 0.399. The van der Waals surface area contributed by atoms with Gasteiger partial charge in [0.1, 0.15) is 17.4 Å². The molecule has 2 aromatic rings. The molecule has 1 aromatic heterocycles. The highest BCUT2D eigenvalue weighted by atomic mass is 16.3. The van der Waals surface area contributed by atoms with Crippen LogP contribution in [0.1, 0.15) is 11.1 Å². The largest absolute Gasteiger partial charge is 0.506 e. The van der Waals surface area contributed by atoms with Crippen molar-refractivity contribution in [1.29, 1.82) is 5.26 Å². The number of benzene rings is 1. The van der Waals surface area contributed by atoms with Crippen molar-refractivity contribution in [2.45, 2.75) is 6.42 Å². The van der Waals surface area contributed by atoms with Gasteiger partial charge < -0.3 is 15.8 Å². The highest BCUT2D eigenvalue weighted by Crippen LogP contribution is 2.23. The number of nitrogens with one attached hydrogen (secondary N) is 1. The zero-order valence-electron chi connectivity index (χ0n) is 9.03. The lowest BCUT2D eigenvalue weighted by molar-refractivity contribution is 0.480. The van der Waals surface area contributed by atoms with Gasteiger partial charge in [0.15, 0.2) is 0 Å². The van der Waals surface area contributed by atoms with E-state index in [0.717, 1.165) is 5.56 Å². The minimum Gasteiger partial charge on any atom is -0.506 e. The minimum absolute atomic E-state index is 0.0117. The van der Waals surface area contributed by atoms with Gasteiger partial charge in [-0.25, -0.2) is 0 Å². The van der Waals surface area contributed by atoms with Crippen molar-refractivity contribution in [1.82, 2.24) is 4.98 Å². The van der Waals surface area contributed by atoms with E-state index in [1.54, 1.807) is 6.07 Å². The van der Waals surface area contributed by atoms with Crippen molar-refractivity contribution >= 4 is 10.9 Å². The van der Waals surface area contributed by atoms with Crippen molar-refractivity contribution in [3.8, 4) is 11.8 Å². The molecule has 4 N–H and O–H groups in total. The molecular formula is C12H11N3O2. The van der Waals surface area contributed by atoms with Crippen LogP contribution in [0, 0.1) is 11.3 Å². The summed E-state index contributed by atoms with van der Waals surface area (Å²) in [6, 6.07) is 4.98. The van der Waals surface area contributed by atoms with Crippen LogP contribution in [0.5, 0.6) is 5.75 Å². The Morgan fingerprint density at radius 2 is 2.24 bits per heavy atom. The highest BCUT2D eigenvalue weighted by Gasteiger charge is 2.11. The summed E-state index contributed by atoms with van der Waals surface area (Å²) in [7, 11) is 0. The van der Waals surface area contributed by atoms with Gasteiger partial charge in [-0.05, 0) is 24.6 Å². The van der Waals surface area contributed by atoms with Crippen molar-refractivity contribution in [2.75, 3.05) is 6.54 Å². The molecule has 0 spiro atoms. The van der Waals surface area contributed by atoms with Gasteiger partial charge in [-0.3, -0.25) is 4.79 Å². The van der Waals surface area contributed by atoms with Crippen LogP contribution in [0.25, 0.3) is 10.9 Å². The maximum atomic E-state index is 12.0. The fourth-order valence-corrected chi connectivity index (χ4v) is 1.83. The number of rotatable bonds is 2. The molecule has 0 amide bonds. The maximum Gasteiger partial charge on any atom is 0.207 e. The van der Waals surface area contributed by atoms with Crippen molar-refractivity contribution in [3.63, 3.8) is 0 Å². The number of fused-ring (bicyclic) bond motifs is 1. The second kappa shape index (κ2) is 4.28. The number of aromatic amines is 1. The molecule has 0 aliphatic rings. The molecule has 1 aromatic carbocycles. The molecule has 5 nitrogen and oxygen atoms in total.